The molecule has 2 N–H and O–H groups in total. The Morgan fingerprint density at radius 1 is 1.10 bits per heavy atom. The number of rotatable bonds is 4. The van der Waals surface area contributed by atoms with Gasteiger partial charge >= 0.3 is 6.03 Å². The fraction of sp³-hybridized carbons (Fsp3) is 0.133. The number of amides is 2. The van der Waals surface area contributed by atoms with E-state index in [0.29, 0.717) is 5.75 Å². The van der Waals surface area contributed by atoms with Gasteiger partial charge in [-0.05, 0) is 18.2 Å². The monoisotopic (exact) mass is 292 g/mol. The normalized spacial score (nSPS) is 10.0. The maximum Gasteiger partial charge on any atom is 0.319 e. The topological polar surface area (TPSA) is 50.4 Å². The summed E-state index contributed by atoms with van der Waals surface area (Å²) in [7, 11) is 1.52. The summed E-state index contributed by atoms with van der Waals surface area (Å²) in [6, 6.07) is 9.80. The molecule has 0 fully saturated rings. The van der Waals surface area contributed by atoms with Crippen molar-refractivity contribution in [2.75, 3.05) is 12.4 Å². The number of urea groups is 1. The van der Waals surface area contributed by atoms with E-state index in [2.05, 4.69) is 10.6 Å². The molecule has 0 aliphatic carbocycles. The predicted octanol–water partition coefficient (Wildman–Crippen LogP) is 3.30. The minimum absolute atomic E-state index is 0.173. The molecule has 4 nitrogen and oxygen atoms in total. The number of halogens is 2. The zero-order valence-electron chi connectivity index (χ0n) is 11.3. The van der Waals surface area contributed by atoms with Gasteiger partial charge in [0, 0.05) is 12.1 Å². The summed E-state index contributed by atoms with van der Waals surface area (Å²) in [6.45, 7) is 0.173. The molecule has 21 heavy (non-hydrogen) atoms. The maximum atomic E-state index is 13.4. The van der Waals surface area contributed by atoms with Crippen LogP contribution >= 0.6 is 0 Å². The SMILES string of the molecule is COc1ccccc1CNC(=O)Nc1c(F)cccc1F. The number of methoxy groups -OCH3 is 1. The number of ether oxygens (including phenoxy) is 1. The van der Waals surface area contributed by atoms with Gasteiger partial charge in [-0.1, -0.05) is 24.3 Å². The number of anilines is 1. The van der Waals surface area contributed by atoms with Crippen molar-refractivity contribution in [3.05, 3.63) is 59.7 Å². The number of benzene rings is 2. The Labute approximate surface area is 120 Å². The second kappa shape index (κ2) is 6.69. The molecule has 0 unspecified atom stereocenters. The number of para-hydroxylation sites is 2. The Hall–Kier alpha value is -2.63. The van der Waals surface area contributed by atoms with Crippen LogP contribution in [0.2, 0.25) is 0 Å². The van der Waals surface area contributed by atoms with Gasteiger partial charge in [0.2, 0.25) is 0 Å². The second-order valence-electron chi connectivity index (χ2n) is 4.22. The molecule has 110 valence electrons. The fourth-order valence-corrected chi connectivity index (χ4v) is 1.80. The van der Waals surface area contributed by atoms with E-state index in [4.69, 9.17) is 4.74 Å². The van der Waals surface area contributed by atoms with Gasteiger partial charge in [-0.15, -0.1) is 0 Å². The molecule has 0 aliphatic rings. The summed E-state index contributed by atoms with van der Waals surface area (Å²) >= 11 is 0. The van der Waals surface area contributed by atoms with Gasteiger partial charge in [0.15, 0.2) is 0 Å². The number of nitrogens with one attached hydrogen (secondary N) is 2. The lowest BCUT2D eigenvalue weighted by molar-refractivity contribution is 0.251. The van der Waals surface area contributed by atoms with Crippen LogP contribution in [0.3, 0.4) is 0 Å². The number of hydrogen-bond acceptors (Lipinski definition) is 2. The van der Waals surface area contributed by atoms with Crippen LogP contribution in [0, 0.1) is 11.6 Å². The molecule has 0 saturated carbocycles. The van der Waals surface area contributed by atoms with Gasteiger partial charge < -0.3 is 15.4 Å². The van der Waals surface area contributed by atoms with E-state index in [-0.39, 0.29) is 6.54 Å². The molecular formula is C15H14F2N2O2. The molecule has 0 bridgehead atoms. The van der Waals surface area contributed by atoms with Crippen molar-refractivity contribution in [2.24, 2.45) is 0 Å². The van der Waals surface area contributed by atoms with E-state index in [1.807, 2.05) is 0 Å². The fourth-order valence-electron chi connectivity index (χ4n) is 1.80. The molecule has 0 saturated heterocycles. The zero-order chi connectivity index (χ0) is 15.2. The lowest BCUT2D eigenvalue weighted by Gasteiger charge is -2.11. The Balaban J connectivity index is 1.99. The smallest absolute Gasteiger partial charge is 0.319 e. The lowest BCUT2D eigenvalue weighted by Crippen LogP contribution is -2.29. The van der Waals surface area contributed by atoms with Crippen LogP contribution in [-0.2, 0) is 6.54 Å². The van der Waals surface area contributed by atoms with Crippen LogP contribution in [0.1, 0.15) is 5.56 Å². The molecule has 0 radical (unpaired) electrons. The minimum atomic E-state index is -0.831. The Bertz CT molecular complexity index is 627. The highest BCUT2D eigenvalue weighted by Crippen LogP contribution is 2.19. The van der Waals surface area contributed by atoms with Crippen molar-refractivity contribution in [3.63, 3.8) is 0 Å². The standard InChI is InChI=1S/C15H14F2N2O2/c1-21-13-8-3-2-5-10(13)9-18-15(20)19-14-11(16)6-4-7-12(14)17/h2-8H,9H2,1H3,(H2,18,19,20). The van der Waals surface area contributed by atoms with Crippen LogP contribution in [0.25, 0.3) is 0 Å². The number of hydrogen-bond donors (Lipinski definition) is 2. The molecule has 0 aromatic heterocycles. The quantitative estimate of drug-likeness (QED) is 0.908. The summed E-state index contributed by atoms with van der Waals surface area (Å²) in [5, 5.41) is 4.66. The minimum Gasteiger partial charge on any atom is -0.496 e. The van der Waals surface area contributed by atoms with Crippen LogP contribution < -0.4 is 15.4 Å². The van der Waals surface area contributed by atoms with Gasteiger partial charge in [-0.25, -0.2) is 13.6 Å². The van der Waals surface area contributed by atoms with E-state index in [9.17, 15) is 13.6 Å². The summed E-state index contributed by atoms with van der Waals surface area (Å²) in [5.74, 6) is -1.04. The van der Waals surface area contributed by atoms with E-state index in [1.165, 1.54) is 13.2 Å². The first-order valence-electron chi connectivity index (χ1n) is 6.22. The van der Waals surface area contributed by atoms with Crippen molar-refractivity contribution in [3.8, 4) is 5.75 Å². The summed E-state index contributed by atoms with van der Waals surface area (Å²) in [5.41, 5.74) is 0.277. The third-order valence-corrected chi connectivity index (χ3v) is 2.83. The van der Waals surface area contributed by atoms with Crippen LogP contribution in [0.15, 0.2) is 42.5 Å². The van der Waals surface area contributed by atoms with Crippen molar-refractivity contribution >= 4 is 11.7 Å². The van der Waals surface area contributed by atoms with Gasteiger partial charge in [0.1, 0.15) is 23.1 Å². The first-order valence-corrected chi connectivity index (χ1v) is 6.22. The Kier molecular flexibility index (Phi) is 4.71. The maximum absolute atomic E-state index is 13.4. The zero-order valence-corrected chi connectivity index (χ0v) is 11.3. The van der Waals surface area contributed by atoms with Crippen LogP contribution in [0.5, 0.6) is 5.75 Å². The summed E-state index contributed by atoms with van der Waals surface area (Å²) in [4.78, 5) is 11.7. The molecule has 2 amide bonds. The highest BCUT2D eigenvalue weighted by molar-refractivity contribution is 5.89. The number of carbonyl (C=O) groups is 1. The second-order valence-corrected chi connectivity index (χ2v) is 4.22. The van der Waals surface area contributed by atoms with E-state index >= 15 is 0 Å². The van der Waals surface area contributed by atoms with Crippen molar-refractivity contribution in [1.29, 1.82) is 0 Å². The van der Waals surface area contributed by atoms with Gasteiger partial charge in [0.05, 0.1) is 7.11 Å². The van der Waals surface area contributed by atoms with E-state index < -0.39 is 23.4 Å². The molecular weight excluding hydrogens is 278 g/mol. The first kappa shape index (κ1) is 14.8. The summed E-state index contributed by atoms with van der Waals surface area (Å²) < 4.78 is 31.9. The van der Waals surface area contributed by atoms with Crippen LogP contribution in [-0.4, -0.2) is 13.1 Å². The molecule has 2 rings (SSSR count). The molecule has 0 heterocycles. The van der Waals surface area contributed by atoms with Gasteiger partial charge in [-0.3, -0.25) is 0 Å². The average molecular weight is 292 g/mol. The highest BCUT2D eigenvalue weighted by Gasteiger charge is 2.12. The van der Waals surface area contributed by atoms with Gasteiger partial charge in [-0.2, -0.15) is 0 Å². The molecule has 6 heteroatoms. The predicted molar refractivity (Wildman–Crippen MR) is 75.2 cm³/mol. The molecule has 0 aliphatic heterocycles. The third kappa shape index (κ3) is 3.68. The van der Waals surface area contributed by atoms with Gasteiger partial charge in [0.25, 0.3) is 0 Å². The van der Waals surface area contributed by atoms with Crippen molar-refractivity contribution < 1.29 is 18.3 Å². The Morgan fingerprint density at radius 3 is 2.43 bits per heavy atom. The Morgan fingerprint density at radius 2 is 1.76 bits per heavy atom. The van der Waals surface area contributed by atoms with Crippen LogP contribution in [0.4, 0.5) is 19.3 Å². The van der Waals surface area contributed by atoms with E-state index in [0.717, 1.165) is 17.7 Å². The van der Waals surface area contributed by atoms with E-state index in [1.54, 1.807) is 24.3 Å². The molecule has 0 atom stereocenters. The average Bonchev–Trinajstić information content (AvgIpc) is 2.49. The lowest BCUT2D eigenvalue weighted by atomic mass is 10.2. The largest absolute Gasteiger partial charge is 0.496 e. The molecule has 2 aromatic rings. The third-order valence-electron chi connectivity index (χ3n) is 2.83. The highest BCUT2D eigenvalue weighted by atomic mass is 19.1. The van der Waals surface area contributed by atoms with Crippen molar-refractivity contribution in [2.45, 2.75) is 6.54 Å². The molecule has 0 spiro atoms. The number of carbonyl (C=O) groups excluding carboxylic acids is 1. The first-order chi connectivity index (χ1) is 10.1. The molecule has 2 aromatic carbocycles. The van der Waals surface area contributed by atoms with Crippen molar-refractivity contribution in [1.82, 2.24) is 5.32 Å². The summed E-state index contributed by atoms with van der Waals surface area (Å²) in [6.07, 6.45) is 0.